The van der Waals surface area contributed by atoms with Crippen molar-refractivity contribution in [1.82, 2.24) is 14.9 Å². The Hall–Kier alpha value is -3.03. The Bertz CT molecular complexity index is 778. The van der Waals surface area contributed by atoms with Gasteiger partial charge in [0.1, 0.15) is 11.6 Å². The molecule has 0 aliphatic carbocycles. The third-order valence-corrected chi connectivity index (χ3v) is 4.66. The summed E-state index contributed by atoms with van der Waals surface area (Å²) >= 11 is 0. The van der Waals surface area contributed by atoms with Gasteiger partial charge < -0.3 is 25.0 Å². The Balaban J connectivity index is 1.52. The lowest BCUT2D eigenvalue weighted by Gasteiger charge is -2.31. The Morgan fingerprint density at radius 3 is 2.79 bits per heavy atom. The average molecular weight is 385 g/mol. The summed E-state index contributed by atoms with van der Waals surface area (Å²) in [5.41, 5.74) is 1.04. The van der Waals surface area contributed by atoms with Crippen molar-refractivity contribution >= 4 is 17.9 Å². The van der Waals surface area contributed by atoms with E-state index in [0.717, 1.165) is 30.0 Å². The Morgan fingerprint density at radius 1 is 1.25 bits per heavy atom. The minimum Gasteiger partial charge on any atom is -0.496 e. The summed E-state index contributed by atoms with van der Waals surface area (Å²) in [6.45, 7) is 4.16. The van der Waals surface area contributed by atoms with Gasteiger partial charge in [-0.15, -0.1) is 0 Å². The van der Waals surface area contributed by atoms with Gasteiger partial charge in [-0.3, -0.25) is 0 Å². The molecule has 1 amide bonds. The number of anilines is 2. The molecule has 0 bridgehead atoms. The number of carbonyl (C=O) groups excluding carboxylic acids is 1. The number of carbonyl (C=O) groups is 1. The second-order valence-corrected chi connectivity index (χ2v) is 6.54. The van der Waals surface area contributed by atoms with Crippen molar-refractivity contribution in [2.45, 2.75) is 32.4 Å². The molecule has 0 atom stereocenters. The van der Waals surface area contributed by atoms with Gasteiger partial charge in [0.05, 0.1) is 13.7 Å². The molecule has 150 valence electrons. The van der Waals surface area contributed by atoms with E-state index in [-0.39, 0.29) is 12.1 Å². The SMILES string of the molecule is CCOC(=O)N1CCC(Nc2ccnc(NCc3ccccc3OC)n2)CC1. The third-order valence-electron chi connectivity index (χ3n) is 4.66. The van der Waals surface area contributed by atoms with Crippen molar-refractivity contribution < 1.29 is 14.3 Å². The van der Waals surface area contributed by atoms with Crippen molar-refractivity contribution in [2.24, 2.45) is 0 Å². The number of hydrogen-bond donors (Lipinski definition) is 2. The lowest BCUT2D eigenvalue weighted by atomic mass is 10.1. The summed E-state index contributed by atoms with van der Waals surface area (Å²) in [7, 11) is 1.66. The first kappa shape index (κ1) is 19.7. The van der Waals surface area contributed by atoms with Gasteiger partial charge in [-0.25, -0.2) is 9.78 Å². The van der Waals surface area contributed by atoms with Crippen LogP contribution in [0.25, 0.3) is 0 Å². The average Bonchev–Trinajstić information content (AvgIpc) is 2.73. The maximum absolute atomic E-state index is 11.8. The van der Waals surface area contributed by atoms with Crippen LogP contribution in [0.15, 0.2) is 36.5 Å². The van der Waals surface area contributed by atoms with Crippen molar-refractivity contribution in [3.8, 4) is 5.75 Å². The first-order valence-corrected chi connectivity index (χ1v) is 9.56. The maximum atomic E-state index is 11.8. The molecule has 1 aromatic carbocycles. The molecule has 2 heterocycles. The predicted octanol–water partition coefficient (Wildman–Crippen LogP) is 3.13. The molecule has 8 heteroatoms. The first-order valence-electron chi connectivity index (χ1n) is 9.56. The second-order valence-electron chi connectivity index (χ2n) is 6.54. The summed E-state index contributed by atoms with van der Waals surface area (Å²) in [4.78, 5) is 22.4. The largest absolute Gasteiger partial charge is 0.496 e. The molecular formula is C20H27N5O3. The minimum absolute atomic E-state index is 0.231. The molecule has 3 rings (SSSR count). The first-order chi connectivity index (χ1) is 13.7. The Morgan fingerprint density at radius 2 is 2.04 bits per heavy atom. The number of nitrogens with one attached hydrogen (secondary N) is 2. The zero-order chi connectivity index (χ0) is 19.8. The molecule has 1 aliphatic heterocycles. The smallest absolute Gasteiger partial charge is 0.409 e. The molecule has 0 spiro atoms. The number of amides is 1. The lowest BCUT2D eigenvalue weighted by Crippen LogP contribution is -2.42. The topological polar surface area (TPSA) is 88.6 Å². The van der Waals surface area contributed by atoms with Crippen LogP contribution >= 0.6 is 0 Å². The zero-order valence-corrected chi connectivity index (χ0v) is 16.4. The highest BCUT2D eigenvalue weighted by molar-refractivity contribution is 5.67. The normalized spacial score (nSPS) is 14.4. The standard InChI is InChI=1S/C20H27N5O3/c1-3-28-20(26)25-12-9-16(10-13-25)23-18-8-11-21-19(24-18)22-14-15-6-4-5-7-17(15)27-2/h4-8,11,16H,3,9-10,12-14H2,1-2H3,(H2,21,22,23,24). The van der Waals surface area contributed by atoms with E-state index in [1.54, 1.807) is 18.2 Å². The number of rotatable bonds is 7. The highest BCUT2D eigenvalue weighted by Gasteiger charge is 2.23. The molecular weight excluding hydrogens is 358 g/mol. The van der Waals surface area contributed by atoms with Crippen LogP contribution in [-0.2, 0) is 11.3 Å². The highest BCUT2D eigenvalue weighted by Crippen LogP contribution is 2.19. The van der Waals surface area contributed by atoms with Crippen LogP contribution in [0.5, 0.6) is 5.75 Å². The molecule has 1 saturated heterocycles. The van der Waals surface area contributed by atoms with Crippen LogP contribution in [0.2, 0.25) is 0 Å². The molecule has 1 aliphatic rings. The van der Waals surface area contributed by atoms with Gasteiger partial charge in [0.25, 0.3) is 0 Å². The van der Waals surface area contributed by atoms with Gasteiger partial charge in [0.15, 0.2) is 0 Å². The highest BCUT2D eigenvalue weighted by atomic mass is 16.6. The summed E-state index contributed by atoms with van der Waals surface area (Å²) in [6.07, 6.45) is 3.21. The van der Waals surface area contributed by atoms with Crippen LogP contribution in [0.4, 0.5) is 16.6 Å². The van der Waals surface area contributed by atoms with Crippen molar-refractivity contribution in [2.75, 3.05) is 37.4 Å². The number of nitrogens with zero attached hydrogens (tertiary/aromatic N) is 3. The van der Waals surface area contributed by atoms with Gasteiger partial charge in [0.2, 0.25) is 5.95 Å². The lowest BCUT2D eigenvalue weighted by molar-refractivity contribution is 0.0983. The number of methoxy groups -OCH3 is 1. The fourth-order valence-corrected chi connectivity index (χ4v) is 3.18. The summed E-state index contributed by atoms with van der Waals surface area (Å²) < 4.78 is 10.4. The molecule has 8 nitrogen and oxygen atoms in total. The molecule has 0 radical (unpaired) electrons. The van der Waals surface area contributed by atoms with Gasteiger partial charge in [-0.2, -0.15) is 4.98 Å². The van der Waals surface area contributed by atoms with Gasteiger partial charge in [0, 0.05) is 37.4 Å². The Kier molecular flexibility index (Phi) is 6.89. The maximum Gasteiger partial charge on any atom is 0.409 e. The van der Waals surface area contributed by atoms with Gasteiger partial charge >= 0.3 is 6.09 Å². The third kappa shape index (κ3) is 5.25. The molecule has 1 aromatic heterocycles. The zero-order valence-electron chi connectivity index (χ0n) is 16.4. The van der Waals surface area contributed by atoms with E-state index >= 15 is 0 Å². The fraction of sp³-hybridized carbons (Fsp3) is 0.450. The van der Waals surface area contributed by atoms with E-state index in [1.165, 1.54) is 0 Å². The molecule has 28 heavy (non-hydrogen) atoms. The van der Waals surface area contributed by atoms with E-state index in [1.807, 2.05) is 37.3 Å². The van der Waals surface area contributed by atoms with E-state index in [9.17, 15) is 4.79 Å². The number of hydrogen-bond acceptors (Lipinski definition) is 7. The number of ether oxygens (including phenoxy) is 2. The van der Waals surface area contributed by atoms with Crippen LogP contribution in [0.3, 0.4) is 0 Å². The predicted molar refractivity (Wildman–Crippen MR) is 108 cm³/mol. The van der Waals surface area contributed by atoms with Crippen LogP contribution < -0.4 is 15.4 Å². The van der Waals surface area contributed by atoms with Gasteiger partial charge in [-0.05, 0) is 31.9 Å². The van der Waals surface area contributed by atoms with Crippen molar-refractivity contribution in [3.05, 3.63) is 42.1 Å². The number of aromatic nitrogens is 2. The number of benzene rings is 1. The fourth-order valence-electron chi connectivity index (χ4n) is 3.18. The summed E-state index contributed by atoms with van der Waals surface area (Å²) in [6, 6.07) is 9.97. The summed E-state index contributed by atoms with van der Waals surface area (Å²) in [5.74, 6) is 2.16. The second kappa shape index (κ2) is 9.77. The van der Waals surface area contributed by atoms with Gasteiger partial charge in [-0.1, -0.05) is 18.2 Å². The summed E-state index contributed by atoms with van der Waals surface area (Å²) in [5, 5.41) is 6.68. The van der Waals surface area contributed by atoms with Crippen LogP contribution in [-0.4, -0.2) is 53.8 Å². The Labute approximate surface area is 165 Å². The quantitative estimate of drug-likeness (QED) is 0.757. The monoisotopic (exact) mass is 385 g/mol. The molecule has 0 saturated carbocycles. The number of para-hydroxylation sites is 1. The van der Waals surface area contributed by atoms with E-state index in [2.05, 4.69) is 20.6 Å². The molecule has 2 N–H and O–H groups in total. The minimum atomic E-state index is -0.231. The van der Waals surface area contributed by atoms with E-state index < -0.39 is 0 Å². The molecule has 2 aromatic rings. The van der Waals surface area contributed by atoms with Crippen molar-refractivity contribution in [3.63, 3.8) is 0 Å². The van der Waals surface area contributed by atoms with Crippen molar-refractivity contribution in [1.29, 1.82) is 0 Å². The van der Waals surface area contributed by atoms with Crippen LogP contribution in [0.1, 0.15) is 25.3 Å². The number of likely N-dealkylation sites (tertiary alicyclic amines) is 1. The number of piperidine rings is 1. The molecule has 1 fully saturated rings. The van der Waals surface area contributed by atoms with Crippen LogP contribution in [0, 0.1) is 0 Å². The molecule has 0 unspecified atom stereocenters. The van der Waals surface area contributed by atoms with E-state index in [4.69, 9.17) is 9.47 Å². The van der Waals surface area contributed by atoms with E-state index in [0.29, 0.717) is 32.2 Å².